The normalized spacial score (nSPS) is 43.3. The number of carbonyl (C=O) groups excluding carboxylic acids is 2. The molecule has 58 heavy (non-hydrogen) atoms. The van der Waals surface area contributed by atoms with Crippen molar-refractivity contribution in [2.24, 2.45) is 73.9 Å². The van der Waals surface area contributed by atoms with Gasteiger partial charge in [-0.15, -0.1) is 0 Å². The molecule has 7 aliphatic rings. The molecule has 2 N–H and O–H groups in total. The highest BCUT2D eigenvalue weighted by Gasteiger charge is 2.73. The lowest BCUT2D eigenvalue weighted by Crippen LogP contribution is -2.67. The van der Waals surface area contributed by atoms with Gasteiger partial charge < -0.3 is 19.7 Å². The van der Waals surface area contributed by atoms with Crippen molar-refractivity contribution >= 4 is 17.8 Å². The lowest BCUT2D eigenvalue weighted by molar-refractivity contribution is -0.250. The van der Waals surface area contributed by atoms with Gasteiger partial charge in [-0.05, 0) is 141 Å². The van der Waals surface area contributed by atoms with Gasteiger partial charge in [0, 0.05) is 12.0 Å². The molecule has 1 saturated heterocycles. The van der Waals surface area contributed by atoms with Crippen LogP contribution in [0, 0.1) is 73.9 Å². The third kappa shape index (κ3) is 5.43. The zero-order valence-electron chi connectivity index (χ0n) is 36.5. The van der Waals surface area contributed by atoms with Gasteiger partial charge in [-0.1, -0.05) is 91.0 Å². The van der Waals surface area contributed by atoms with E-state index in [4.69, 9.17) is 9.72 Å². The number of amides is 1. The summed E-state index contributed by atoms with van der Waals surface area (Å²) in [5.74, 6) is 0.894. The number of imidazole rings is 1. The van der Waals surface area contributed by atoms with Crippen LogP contribution < -0.4 is 0 Å². The molecule has 9 rings (SSSR count). The molecule has 2 heterocycles. The number of hydrogen-bond donors (Lipinski definition) is 2. The highest BCUT2D eigenvalue weighted by atomic mass is 16.5. The molecular formula is C50H69N3O5. The van der Waals surface area contributed by atoms with Crippen molar-refractivity contribution in [2.45, 2.75) is 145 Å². The molecule has 1 aromatic heterocycles. The predicted molar refractivity (Wildman–Crippen MR) is 225 cm³/mol. The Kier molecular flexibility index (Phi) is 9.17. The summed E-state index contributed by atoms with van der Waals surface area (Å²) in [6.07, 6.45) is 14.1. The third-order valence-electron chi connectivity index (χ3n) is 19.5. The van der Waals surface area contributed by atoms with E-state index in [1.54, 1.807) is 0 Å². The number of carboxylic acids is 1. The van der Waals surface area contributed by atoms with Crippen molar-refractivity contribution in [3.63, 3.8) is 0 Å². The summed E-state index contributed by atoms with van der Waals surface area (Å²) in [5, 5.41) is 9.78. The van der Waals surface area contributed by atoms with E-state index < -0.39 is 23.2 Å². The number of aromatic nitrogens is 2. The predicted octanol–water partition coefficient (Wildman–Crippen LogP) is 10.7. The number of nitrogens with one attached hydrogen (secondary N) is 1. The van der Waals surface area contributed by atoms with Crippen LogP contribution in [0.25, 0.3) is 11.3 Å². The van der Waals surface area contributed by atoms with Crippen molar-refractivity contribution in [2.75, 3.05) is 6.54 Å². The first-order chi connectivity index (χ1) is 27.3. The first-order valence-corrected chi connectivity index (χ1v) is 22.8. The monoisotopic (exact) mass is 792 g/mol. The molecule has 2 aromatic rings. The standard InChI is InChI=1S/C50H69N3O5/c1-29(2)31-19-24-50(44(57)53-27-13-16-34(53)41-51-28-33(52-41)30-14-11-10-12-15-30)26-25-48(8)32(38(31)50)17-18-36-47(7)22-21-37(45(3,4)35(47)20-23-49(36,48)9)58-43(56)40-39(42(54)55)46(40,5)6/h10-12,14-15,28,31-32,34-40H,1,13,16-27H2,2-9H3,(H,51,52)(H,54,55)/t31-,32+,34-,35-,36+,37-,38+,39?,40?,47-,48+,49+,50-/m0/s1. The number of fused-ring (bicyclic) bond motifs is 7. The van der Waals surface area contributed by atoms with E-state index >= 15 is 4.79 Å². The minimum Gasteiger partial charge on any atom is -0.481 e. The van der Waals surface area contributed by atoms with Crippen molar-refractivity contribution in [1.82, 2.24) is 14.9 Å². The van der Waals surface area contributed by atoms with Crippen molar-refractivity contribution < 1.29 is 24.2 Å². The lowest BCUT2D eigenvalue weighted by atomic mass is 9.32. The van der Waals surface area contributed by atoms with Crippen LogP contribution >= 0.6 is 0 Å². The van der Waals surface area contributed by atoms with Gasteiger partial charge in [-0.2, -0.15) is 0 Å². The van der Waals surface area contributed by atoms with Crippen LogP contribution in [0.2, 0.25) is 0 Å². The molecule has 1 aromatic carbocycles. The number of benzene rings is 1. The fourth-order valence-corrected chi connectivity index (χ4v) is 16.3. The molecule has 1 amide bonds. The number of H-pyrrole nitrogens is 1. The number of carboxylic acid groups (broad SMARTS) is 1. The lowest BCUT2D eigenvalue weighted by Gasteiger charge is -2.73. The minimum absolute atomic E-state index is 0.0206. The Morgan fingerprint density at radius 3 is 2.26 bits per heavy atom. The number of aliphatic carboxylic acids is 1. The minimum atomic E-state index is -0.902. The summed E-state index contributed by atoms with van der Waals surface area (Å²) < 4.78 is 6.37. The van der Waals surface area contributed by atoms with E-state index in [1.807, 2.05) is 26.1 Å². The number of esters is 1. The number of nitrogens with zero attached hydrogens (tertiary/aromatic N) is 2. The molecule has 6 saturated carbocycles. The summed E-state index contributed by atoms with van der Waals surface area (Å²) in [6, 6.07) is 10.3. The summed E-state index contributed by atoms with van der Waals surface area (Å²) in [7, 11) is 0. The smallest absolute Gasteiger partial charge is 0.310 e. The van der Waals surface area contributed by atoms with Gasteiger partial charge in [0.15, 0.2) is 0 Å². The summed E-state index contributed by atoms with van der Waals surface area (Å²) in [4.78, 5) is 51.8. The second kappa shape index (κ2) is 13.3. The van der Waals surface area contributed by atoms with Crippen LogP contribution in [0.5, 0.6) is 0 Å². The average Bonchev–Trinajstić information content (AvgIpc) is 3.71. The fourth-order valence-electron chi connectivity index (χ4n) is 16.3. The molecule has 13 atom stereocenters. The highest BCUT2D eigenvalue weighted by Crippen LogP contribution is 2.78. The molecule has 314 valence electrons. The Hall–Kier alpha value is -3.42. The summed E-state index contributed by atoms with van der Waals surface area (Å²) in [5.41, 5.74) is 2.56. The molecule has 0 spiro atoms. The maximum Gasteiger partial charge on any atom is 0.310 e. The van der Waals surface area contributed by atoms with Crippen molar-refractivity contribution in [1.29, 1.82) is 0 Å². The van der Waals surface area contributed by atoms with Gasteiger partial charge in [-0.3, -0.25) is 14.4 Å². The van der Waals surface area contributed by atoms with Gasteiger partial charge in [0.2, 0.25) is 5.91 Å². The average molecular weight is 792 g/mol. The van der Waals surface area contributed by atoms with Gasteiger partial charge >= 0.3 is 11.9 Å². The molecule has 6 aliphatic carbocycles. The van der Waals surface area contributed by atoms with Gasteiger partial charge in [0.1, 0.15) is 11.9 Å². The van der Waals surface area contributed by atoms with Crippen LogP contribution in [0.3, 0.4) is 0 Å². The Morgan fingerprint density at radius 1 is 0.828 bits per heavy atom. The van der Waals surface area contributed by atoms with E-state index in [2.05, 4.69) is 82.3 Å². The first kappa shape index (κ1) is 40.0. The molecule has 8 heteroatoms. The van der Waals surface area contributed by atoms with Crippen LogP contribution in [0.15, 0.2) is 48.7 Å². The van der Waals surface area contributed by atoms with Crippen molar-refractivity contribution in [3.8, 4) is 11.3 Å². The quantitative estimate of drug-likeness (QED) is 0.213. The molecule has 2 unspecified atom stereocenters. The largest absolute Gasteiger partial charge is 0.481 e. The SMILES string of the molecule is C=C(C)[C@@H]1CC[C@]2(C(=O)N3CCC[C@H]3c3ncc(-c4ccccc4)[nH]3)CC[C@]3(C)[C@H](CC[C@@H]4[C@@]5(C)CC[C@H](OC(=O)C6C(C(=O)O)C6(C)C)C(C)(C)[C@@H]5CC[C@]43C)[C@@H]12. The maximum absolute atomic E-state index is 15.5. The number of likely N-dealkylation sites (tertiary alicyclic amines) is 1. The van der Waals surface area contributed by atoms with E-state index in [9.17, 15) is 14.7 Å². The number of ether oxygens (including phenoxy) is 1. The van der Waals surface area contributed by atoms with E-state index in [1.165, 1.54) is 12.0 Å². The molecule has 1 aliphatic heterocycles. The Labute approximate surface area is 346 Å². The highest BCUT2D eigenvalue weighted by molar-refractivity contribution is 5.89. The van der Waals surface area contributed by atoms with E-state index in [0.717, 1.165) is 94.3 Å². The van der Waals surface area contributed by atoms with E-state index in [-0.39, 0.29) is 45.2 Å². The number of rotatable bonds is 7. The van der Waals surface area contributed by atoms with Crippen LogP contribution in [-0.2, 0) is 19.1 Å². The zero-order chi connectivity index (χ0) is 41.4. The summed E-state index contributed by atoms with van der Waals surface area (Å²) >= 11 is 0. The van der Waals surface area contributed by atoms with Gasteiger partial charge in [0.25, 0.3) is 0 Å². The maximum atomic E-state index is 15.5. The Bertz CT molecular complexity index is 2000. The second-order valence-electron chi connectivity index (χ2n) is 22.4. The number of hydrogen-bond acceptors (Lipinski definition) is 5. The number of allylic oxidation sites excluding steroid dienone is 1. The molecule has 7 fully saturated rings. The van der Waals surface area contributed by atoms with Crippen LogP contribution in [0.1, 0.15) is 144 Å². The zero-order valence-corrected chi connectivity index (χ0v) is 36.5. The number of carbonyl (C=O) groups is 3. The third-order valence-corrected chi connectivity index (χ3v) is 19.5. The van der Waals surface area contributed by atoms with Gasteiger partial charge in [-0.25, -0.2) is 4.98 Å². The van der Waals surface area contributed by atoms with Crippen LogP contribution in [-0.4, -0.2) is 50.5 Å². The van der Waals surface area contributed by atoms with E-state index in [0.29, 0.717) is 35.5 Å². The first-order valence-electron chi connectivity index (χ1n) is 22.8. The number of aromatic amines is 1. The molecular weight excluding hydrogens is 723 g/mol. The second-order valence-corrected chi connectivity index (χ2v) is 22.4. The molecule has 0 radical (unpaired) electrons. The Balaban J connectivity index is 0.978. The van der Waals surface area contributed by atoms with Gasteiger partial charge in [0.05, 0.1) is 35.2 Å². The molecule has 8 nitrogen and oxygen atoms in total. The Morgan fingerprint density at radius 2 is 1.57 bits per heavy atom. The van der Waals surface area contributed by atoms with Crippen LogP contribution in [0.4, 0.5) is 0 Å². The fraction of sp³-hybridized carbons (Fsp3) is 0.720. The molecule has 0 bridgehead atoms. The topological polar surface area (TPSA) is 113 Å². The van der Waals surface area contributed by atoms with Crippen molar-refractivity contribution in [3.05, 3.63) is 54.5 Å². The summed E-state index contributed by atoms with van der Waals surface area (Å²) in [6.45, 7) is 23.9.